The Morgan fingerprint density at radius 3 is 2.36 bits per heavy atom. The molecule has 2 fully saturated rings. The van der Waals surface area contributed by atoms with E-state index >= 15 is 0 Å². The molecule has 1 aromatic rings. The van der Waals surface area contributed by atoms with Gasteiger partial charge in [-0.3, -0.25) is 9.59 Å². The van der Waals surface area contributed by atoms with Crippen LogP contribution in [0.1, 0.15) is 49.7 Å². The number of hydrogen-bond acceptors (Lipinski definition) is 5. The molecule has 1 aliphatic heterocycles. The topological polar surface area (TPSA) is 82.2 Å². The molecule has 3 rings (SSSR count). The van der Waals surface area contributed by atoms with Gasteiger partial charge in [-0.05, 0) is 94.1 Å². The highest BCUT2D eigenvalue weighted by Crippen LogP contribution is 2.31. The lowest BCUT2D eigenvalue weighted by Gasteiger charge is -2.34. The predicted octanol–water partition coefficient (Wildman–Crippen LogP) is 2.74. The van der Waals surface area contributed by atoms with Gasteiger partial charge in [0.2, 0.25) is 11.8 Å². The van der Waals surface area contributed by atoms with Gasteiger partial charge in [0.05, 0.1) is 25.1 Å². The first-order valence-electron chi connectivity index (χ1n) is 13.2. The molecular formula is C27H44N4O4S. The van der Waals surface area contributed by atoms with Gasteiger partial charge >= 0.3 is 0 Å². The number of nitrogens with one attached hydrogen (secondary N) is 1. The molecule has 1 N–H and O–H groups in total. The first kappa shape index (κ1) is 28.6. The Labute approximate surface area is 219 Å². The summed E-state index contributed by atoms with van der Waals surface area (Å²) in [6.45, 7) is 8.08. The molecule has 202 valence electrons. The SMILES string of the molecule is COc1cc(C)c(S(=O)N(C)CC(=O)NCC(=O)N(C)CC2CCCC(CN3CCCC3)C2)c(C)c1. The molecule has 3 unspecified atom stereocenters. The van der Waals surface area contributed by atoms with Crippen molar-refractivity contribution in [3.63, 3.8) is 0 Å². The average Bonchev–Trinajstić information content (AvgIpc) is 3.35. The molecule has 0 bridgehead atoms. The fraction of sp³-hybridized carbons (Fsp3) is 0.704. The molecule has 8 nitrogen and oxygen atoms in total. The first-order valence-corrected chi connectivity index (χ1v) is 14.3. The Hall–Kier alpha value is -1.97. The van der Waals surface area contributed by atoms with Crippen molar-refractivity contribution in [3.05, 3.63) is 23.3 Å². The lowest BCUT2D eigenvalue weighted by Crippen LogP contribution is -2.43. The van der Waals surface area contributed by atoms with Gasteiger partial charge in [-0.15, -0.1) is 0 Å². The zero-order valence-corrected chi connectivity index (χ0v) is 23.5. The van der Waals surface area contributed by atoms with E-state index in [9.17, 15) is 13.8 Å². The van der Waals surface area contributed by atoms with Crippen LogP contribution in [-0.4, -0.2) is 90.6 Å². The summed E-state index contributed by atoms with van der Waals surface area (Å²) in [4.78, 5) is 30.2. The van der Waals surface area contributed by atoms with Crippen molar-refractivity contribution in [2.75, 3.05) is 60.5 Å². The Morgan fingerprint density at radius 1 is 1.08 bits per heavy atom. The van der Waals surface area contributed by atoms with Crippen molar-refractivity contribution in [2.24, 2.45) is 11.8 Å². The second-order valence-electron chi connectivity index (χ2n) is 10.6. The number of carbonyl (C=O) groups is 2. The third kappa shape index (κ3) is 8.02. The molecule has 1 saturated carbocycles. The van der Waals surface area contributed by atoms with Crippen molar-refractivity contribution in [3.8, 4) is 5.75 Å². The molecule has 2 amide bonds. The number of likely N-dealkylation sites (N-methyl/N-ethyl adjacent to an activating group) is 2. The van der Waals surface area contributed by atoms with Crippen LogP contribution in [0.25, 0.3) is 0 Å². The van der Waals surface area contributed by atoms with Gasteiger partial charge in [-0.2, -0.15) is 0 Å². The van der Waals surface area contributed by atoms with Gasteiger partial charge in [-0.1, -0.05) is 6.42 Å². The number of hydrogen-bond donors (Lipinski definition) is 1. The minimum Gasteiger partial charge on any atom is -0.497 e. The zero-order valence-electron chi connectivity index (χ0n) is 22.7. The maximum absolute atomic E-state index is 13.1. The molecule has 1 aromatic carbocycles. The van der Waals surface area contributed by atoms with E-state index in [1.165, 1.54) is 62.5 Å². The van der Waals surface area contributed by atoms with Crippen LogP contribution >= 0.6 is 0 Å². The molecule has 0 radical (unpaired) electrons. The summed E-state index contributed by atoms with van der Waals surface area (Å²) < 4.78 is 19.8. The maximum Gasteiger partial charge on any atom is 0.241 e. The Balaban J connectivity index is 1.42. The highest BCUT2D eigenvalue weighted by molar-refractivity contribution is 7.82. The van der Waals surface area contributed by atoms with Gasteiger partial charge in [0.15, 0.2) is 0 Å². The monoisotopic (exact) mass is 520 g/mol. The summed E-state index contributed by atoms with van der Waals surface area (Å²) >= 11 is 0. The smallest absolute Gasteiger partial charge is 0.241 e. The number of amides is 2. The van der Waals surface area contributed by atoms with Crippen LogP contribution in [0, 0.1) is 25.7 Å². The normalized spacial score (nSPS) is 21.4. The van der Waals surface area contributed by atoms with Crippen molar-refractivity contribution in [2.45, 2.75) is 57.3 Å². The van der Waals surface area contributed by atoms with Crippen molar-refractivity contribution in [1.82, 2.24) is 19.4 Å². The molecule has 1 heterocycles. The number of ether oxygens (including phenoxy) is 1. The van der Waals surface area contributed by atoms with E-state index in [-0.39, 0.29) is 24.9 Å². The predicted molar refractivity (Wildman–Crippen MR) is 143 cm³/mol. The summed E-state index contributed by atoms with van der Waals surface area (Å²) in [5.74, 6) is 1.57. The number of aryl methyl sites for hydroxylation is 2. The van der Waals surface area contributed by atoms with E-state index in [0.29, 0.717) is 16.6 Å². The number of methoxy groups -OCH3 is 1. The van der Waals surface area contributed by atoms with Crippen LogP contribution in [-0.2, 0) is 20.6 Å². The average molecular weight is 521 g/mol. The highest BCUT2D eigenvalue weighted by Gasteiger charge is 2.27. The van der Waals surface area contributed by atoms with E-state index in [1.807, 2.05) is 33.0 Å². The summed E-state index contributed by atoms with van der Waals surface area (Å²) in [6.07, 6.45) is 7.53. The standard InChI is InChI=1S/C27H44N4O4S/c1-20-13-24(35-5)14-21(2)27(20)36(34)30(4)19-25(32)28-16-26(33)29(3)17-22-9-8-10-23(15-22)18-31-11-6-7-12-31/h13-14,22-23H,6-12,15-19H2,1-5H3,(H,28,32). The van der Waals surface area contributed by atoms with Gasteiger partial charge in [0.25, 0.3) is 0 Å². The molecule has 0 aromatic heterocycles. The van der Waals surface area contributed by atoms with Crippen LogP contribution in [0.15, 0.2) is 17.0 Å². The van der Waals surface area contributed by atoms with Gasteiger partial charge < -0.3 is 19.9 Å². The quantitative estimate of drug-likeness (QED) is 0.485. The third-order valence-electron chi connectivity index (χ3n) is 7.49. The minimum atomic E-state index is -1.50. The lowest BCUT2D eigenvalue weighted by molar-refractivity contribution is -0.132. The highest BCUT2D eigenvalue weighted by atomic mass is 32.2. The van der Waals surface area contributed by atoms with Crippen molar-refractivity contribution in [1.29, 1.82) is 0 Å². The number of carbonyl (C=O) groups excluding carboxylic acids is 2. The van der Waals surface area contributed by atoms with Crippen molar-refractivity contribution < 1.29 is 18.5 Å². The third-order valence-corrected chi connectivity index (χ3v) is 9.18. The molecule has 3 atom stereocenters. The van der Waals surface area contributed by atoms with E-state index in [4.69, 9.17) is 4.74 Å². The van der Waals surface area contributed by atoms with E-state index in [2.05, 4.69) is 10.2 Å². The number of likely N-dealkylation sites (tertiary alicyclic amines) is 1. The lowest BCUT2D eigenvalue weighted by atomic mass is 9.81. The van der Waals surface area contributed by atoms with Crippen LogP contribution in [0.5, 0.6) is 5.75 Å². The minimum absolute atomic E-state index is 0.0413. The number of benzene rings is 1. The summed E-state index contributed by atoms with van der Waals surface area (Å²) in [5, 5.41) is 2.71. The van der Waals surface area contributed by atoms with Crippen molar-refractivity contribution >= 4 is 22.8 Å². The molecule has 1 saturated heterocycles. The molecule has 0 spiro atoms. The van der Waals surface area contributed by atoms with Gasteiger partial charge in [0, 0.05) is 27.2 Å². The summed E-state index contributed by atoms with van der Waals surface area (Å²) in [5.41, 5.74) is 1.69. The molecular weight excluding hydrogens is 476 g/mol. The van der Waals surface area contributed by atoms with Gasteiger partial charge in [0.1, 0.15) is 16.7 Å². The Bertz CT molecular complexity index is 911. The second-order valence-corrected chi connectivity index (χ2v) is 12.1. The van der Waals surface area contributed by atoms with Gasteiger partial charge in [-0.25, -0.2) is 8.51 Å². The largest absolute Gasteiger partial charge is 0.497 e. The fourth-order valence-electron chi connectivity index (χ4n) is 5.64. The zero-order chi connectivity index (χ0) is 26.2. The van der Waals surface area contributed by atoms with Crippen LogP contribution in [0.3, 0.4) is 0 Å². The number of nitrogens with zero attached hydrogens (tertiary/aromatic N) is 3. The first-order chi connectivity index (χ1) is 17.2. The van der Waals surface area contributed by atoms with E-state index in [0.717, 1.165) is 23.6 Å². The number of rotatable bonds is 11. The second kappa shape index (κ2) is 13.5. The Morgan fingerprint density at radius 2 is 1.72 bits per heavy atom. The van der Waals surface area contributed by atoms with E-state index < -0.39 is 11.0 Å². The maximum atomic E-state index is 13.1. The molecule has 36 heavy (non-hydrogen) atoms. The van der Waals surface area contributed by atoms with E-state index in [1.54, 1.807) is 19.1 Å². The Kier molecular flexibility index (Phi) is 10.8. The van der Waals surface area contributed by atoms with Crippen LogP contribution < -0.4 is 10.1 Å². The molecule has 9 heteroatoms. The van der Waals surface area contributed by atoms with Crippen LogP contribution in [0.2, 0.25) is 0 Å². The van der Waals surface area contributed by atoms with Crippen LogP contribution in [0.4, 0.5) is 0 Å². The summed E-state index contributed by atoms with van der Waals surface area (Å²) in [6, 6.07) is 3.67. The molecule has 2 aliphatic rings. The fourth-order valence-corrected chi connectivity index (χ4v) is 6.85. The summed E-state index contributed by atoms with van der Waals surface area (Å²) in [7, 11) is 3.58. The molecule has 1 aliphatic carbocycles.